The van der Waals surface area contributed by atoms with E-state index >= 15 is 0 Å². The Bertz CT molecular complexity index is 415. The Balaban J connectivity index is 2.00. The summed E-state index contributed by atoms with van der Waals surface area (Å²) in [6.07, 6.45) is 0. The highest BCUT2D eigenvalue weighted by atomic mass is 19.1. The van der Waals surface area contributed by atoms with Gasteiger partial charge in [0.1, 0.15) is 5.82 Å². The molecule has 0 spiro atoms. The molecule has 0 aromatic heterocycles. The number of anilines is 1. The van der Waals surface area contributed by atoms with Gasteiger partial charge in [-0.2, -0.15) is 0 Å². The van der Waals surface area contributed by atoms with Crippen molar-refractivity contribution >= 4 is 11.6 Å². The molecule has 0 aliphatic carbocycles. The normalized spacial score (nSPS) is 16.3. The highest BCUT2D eigenvalue weighted by Crippen LogP contribution is 2.15. The van der Waals surface area contributed by atoms with Crippen molar-refractivity contribution in [3.8, 4) is 0 Å². The van der Waals surface area contributed by atoms with Gasteiger partial charge in [0.15, 0.2) is 0 Å². The van der Waals surface area contributed by atoms with Crippen LogP contribution in [-0.2, 0) is 4.79 Å². The maximum atomic E-state index is 12.9. The van der Waals surface area contributed by atoms with Crippen molar-refractivity contribution in [1.29, 1.82) is 0 Å². The summed E-state index contributed by atoms with van der Waals surface area (Å²) in [7, 11) is 0. The van der Waals surface area contributed by atoms with Crippen LogP contribution in [0.2, 0.25) is 0 Å². The molecule has 0 bridgehead atoms. The molecule has 0 saturated carbocycles. The molecule has 1 aliphatic heterocycles. The van der Waals surface area contributed by atoms with Gasteiger partial charge in [-0.25, -0.2) is 4.39 Å². The number of nitrogens with zero attached hydrogens (tertiary/aromatic N) is 2. The lowest BCUT2D eigenvalue weighted by Gasteiger charge is -2.29. The molecule has 0 atom stereocenters. The molecule has 1 aliphatic rings. The van der Waals surface area contributed by atoms with Crippen molar-refractivity contribution in [2.24, 2.45) is 0 Å². The molecular weight excluding hydrogens is 245 g/mol. The fourth-order valence-corrected chi connectivity index (χ4v) is 2.27. The molecule has 1 heterocycles. The Morgan fingerprint density at radius 3 is 2.53 bits per heavy atom. The van der Waals surface area contributed by atoms with Crippen molar-refractivity contribution in [1.82, 2.24) is 10.2 Å². The van der Waals surface area contributed by atoms with Crippen LogP contribution in [0.15, 0.2) is 24.3 Å². The number of carbonyl (C=O) groups excluding carboxylic acids is 1. The van der Waals surface area contributed by atoms with Crippen LogP contribution in [0, 0.1) is 5.82 Å². The van der Waals surface area contributed by atoms with Crippen molar-refractivity contribution in [2.45, 2.75) is 6.92 Å². The lowest BCUT2D eigenvalue weighted by Crippen LogP contribution is -2.48. The second-order valence-electron chi connectivity index (χ2n) is 4.64. The fourth-order valence-electron chi connectivity index (χ4n) is 2.27. The predicted octanol–water partition coefficient (Wildman–Crippen LogP) is 1.08. The van der Waals surface area contributed by atoms with Crippen LogP contribution in [0.4, 0.5) is 10.1 Å². The minimum Gasteiger partial charge on any atom is -0.314 e. The van der Waals surface area contributed by atoms with Gasteiger partial charge in [-0.1, -0.05) is 0 Å². The number of piperazine rings is 1. The largest absolute Gasteiger partial charge is 0.314 e. The monoisotopic (exact) mass is 265 g/mol. The van der Waals surface area contributed by atoms with Crippen molar-refractivity contribution < 1.29 is 9.18 Å². The molecule has 1 amide bonds. The third-order valence-electron chi connectivity index (χ3n) is 3.32. The first-order valence-corrected chi connectivity index (χ1v) is 6.69. The smallest absolute Gasteiger partial charge is 0.241 e. The zero-order valence-electron chi connectivity index (χ0n) is 11.2. The predicted molar refractivity (Wildman–Crippen MR) is 73.7 cm³/mol. The van der Waals surface area contributed by atoms with Crippen molar-refractivity contribution in [3.63, 3.8) is 0 Å². The molecule has 5 heteroatoms. The first kappa shape index (κ1) is 14.0. The van der Waals surface area contributed by atoms with Crippen LogP contribution >= 0.6 is 0 Å². The SMILES string of the molecule is CCN(C(=O)CN1CCNCC1)c1ccc(F)cc1. The molecule has 104 valence electrons. The molecule has 0 unspecified atom stereocenters. The number of hydrogen-bond donors (Lipinski definition) is 1. The van der Waals surface area contributed by atoms with E-state index in [1.165, 1.54) is 12.1 Å². The molecule has 2 rings (SSSR count). The summed E-state index contributed by atoms with van der Waals surface area (Å²) in [5.74, 6) is -0.217. The summed E-state index contributed by atoms with van der Waals surface area (Å²) in [6, 6.07) is 6.06. The topological polar surface area (TPSA) is 35.6 Å². The first-order valence-electron chi connectivity index (χ1n) is 6.69. The summed E-state index contributed by atoms with van der Waals surface area (Å²) in [6.45, 7) is 6.59. The summed E-state index contributed by atoms with van der Waals surface area (Å²) in [5, 5.41) is 3.26. The Hall–Kier alpha value is -1.46. The number of hydrogen-bond acceptors (Lipinski definition) is 3. The van der Waals surface area contributed by atoms with Crippen LogP contribution in [-0.4, -0.2) is 50.1 Å². The van der Waals surface area contributed by atoms with E-state index in [0.717, 1.165) is 31.9 Å². The van der Waals surface area contributed by atoms with E-state index < -0.39 is 0 Å². The van der Waals surface area contributed by atoms with Gasteiger partial charge in [0.05, 0.1) is 6.54 Å². The summed E-state index contributed by atoms with van der Waals surface area (Å²) >= 11 is 0. The Morgan fingerprint density at radius 2 is 1.95 bits per heavy atom. The van der Waals surface area contributed by atoms with Crippen LogP contribution in [0.1, 0.15) is 6.92 Å². The van der Waals surface area contributed by atoms with E-state index in [1.807, 2.05) is 6.92 Å². The van der Waals surface area contributed by atoms with E-state index in [1.54, 1.807) is 17.0 Å². The number of amides is 1. The van der Waals surface area contributed by atoms with Crippen LogP contribution < -0.4 is 10.2 Å². The van der Waals surface area contributed by atoms with E-state index in [4.69, 9.17) is 0 Å². The lowest BCUT2D eigenvalue weighted by atomic mass is 10.2. The quantitative estimate of drug-likeness (QED) is 0.885. The Morgan fingerprint density at radius 1 is 1.32 bits per heavy atom. The number of benzene rings is 1. The molecule has 1 saturated heterocycles. The highest BCUT2D eigenvalue weighted by molar-refractivity contribution is 5.94. The van der Waals surface area contributed by atoms with E-state index in [2.05, 4.69) is 10.2 Å². The molecule has 1 N–H and O–H groups in total. The maximum Gasteiger partial charge on any atom is 0.241 e. The fraction of sp³-hybridized carbons (Fsp3) is 0.500. The van der Waals surface area contributed by atoms with Gasteiger partial charge >= 0.3 is 0 Å². The minimum atomic E-state index is -0.283. The first-order chi connectivity index (χ1) is 9.20. The summed E-state index contributed by atoms with van der Waals surface area (Å²) < 4.78 is 12.9. The van der Waals surface area contributed by atoms with Gasteiger partial charge in [0.2, 0.25) is 5.91 Å². The second kappa shape index (κ2) is 6.63. The summed E-state index contributed by atoms with van der Waals surface area (Å²) in [4.78, 5) is 16.1. The Kier molecular flexibility index (Phi) is 4.87. The maximum absolute atomic E-state index is 12.9. The number of nitrogens with one attached hydrogen (secondary N) is 1. The van der Waals surface area contributed by atoms with Gasteiger partial charge < -0.3 is 10.2 Å². The van der Waals surface area contributed by atoms with Gasteiger partial charge in [-0.05, 0) is 31.2 Å². The van der Waals surface area contributed by atoms with Crippen molar-refractivity contribution in [3.05, 3.63) is 30.1 Å². The molecule has 1 aromatic rings. The number of halogens is 1. The number of rotatable bonds is 4. The van der Waals surface area contributed by atoms with E-state index in [-0.39, 0.29) is 11.7 Å². The van der Waals surface area contributed by atoms with Gasteiger partial charge in [0, 0.05) is 38.4 Å². The van der Waals surface area contributed by atoms with E-state index in [0.29, 0.717) is 13.1 Å². The third-order valence-corrected chi connectivity index (χ3v) is 3.32. The zero-order chi connectivity index (χ0) is 13.7. The third kappa shape index (κ3) is 3.75. The molecular formula is C14H20FN3O. The zero-order valence-corrected chi connectivity index (χ0v) is 11.2. The molecule has 0 radical (unpaired) electrons. The van der Waals surface area contributed by atoms with E-state index in [9.17, 15) is 9.18 Å². The average molecular weight is 265 g/mol. The Labute approximate surface area is 113 Å². The highest BCUT2D eigenvalue weighted by Gasteiger charge is 2.18. The van der Waals surface area contributed by atoms with Crippen LogP contribution in [0.5, 0.6) is 0 Å². The standard InChI is InChI=1S/C14H20FN3O/c1-2-18(13-5-3-12(15)4-6-13)14(19)11-17-9-7-16-8-10-17/h3-6,16H,2,7-11H2,1H3. The average Bonchev–Trinajstić information content (AvgIpc) is 2.43. The molecule has 4 nitrogen and oxygen atoms in total. The van der Waals surface area contributed by atoms with Crippen LogP contribution in [0.25, 0.3) is 0 Å². The lowest BCUT2D eigenvalue weighted by molar-refractivity contribution is -0.119. The molecule has 1 fully saturated rings. The van der Waals surface area contributed by atoms with Gasteiger partial charge in [-0.3, -0.25) is 9.69 Å². The molecule has 1 aromatic carbocycles. The molecule has 19 heavy (non-hydrogen) atoms. The summed E-state index contributed by atoms with van der Waals surface area (Å²) in [5.41, 5.74) is 0.754. The minimum absolute atomic E-state index is 0.0657. The number of carbonyl (C=O) groups is 1. The van der Waals surface area contributed by atoms with Crippen molar-refractivity contribution in [2.75, 3.05) is 44.2 Å². The number of likely N-dealkylation sites (N-methyl/N-ethyl adjacent to an activating group) is 1. The second-order valence-corrected chi connectivity index (χ2v) is 4.64. The van der Waals surface area contributed by atoms with Crippen LogP contribution in [0.3, 0.4) is 0 Å². The van der Waals surface area contributed by atoms with Gasteiger partial charge in [-0.15, -0.1) is 0 Å². The van der Waals surface area contributed by atoms with Gasteiger partial charge in [0.25, 0.3) is 0 Å².